The smallest absolute Gasteiger partial charge is 0.305 e. The number of aliphatic hydroxyl groups excluding tert-OH is 1. The fourth-order valence-electron chi connectivity index (χ4n) is 2.42. The summed E-state index contributed by atoms with van der Waals surface area (Å²) in [4.78, 5) is 11.0. The van der Waals surface area contributed by atoms with Crippen molar-refractivity contribution in [3.63, 3.8) is 0 Å². The van der Waals surface area contributed by atoms with Crippen LogP contribution in [0.5, 0.6) is 0 Å². The van der Waals surface area contributed by atoms with Crippen LogP contribution in [0.4, 0.5) is 0 Å². The largest absolute Gasteiger partial charge is 0.469 e. The number of hydrogen-bond acceptors (Lipinski definition) is 4. The first-order chi connectivity index (χ1) is 8.11. The van der Waals surface area contributed by atoms with Gasteiger partial charge in [0, 0.05) is 19.0 Å². The Morgan fingerprint density at radius 3 is 2.59 bits per heavy atom. The van der Waals surface area contributed by atoms with E-state index in [2.05, 4.69) is 10.1 Å². The van der Waals surface area contributed by atoms with Crippen LogP contribution in [-0.2, 0) is 9.53 Å². The maximum absolute atomic E-state index is 11.0. The van der Waals surface area contributed by atoms with Crippen LogP contribution in [0.25, 0.3) is 0 Å². The average Bonchev–Trinajstić information content (AvgIpc) is 2.34. The first-order valence-electron chi connectivity index (χ1n) is 6.60. The molecule has 100 valence electrons. The lowest BCUT2D eigenvalue weighted by atomic mass is 9.83. The number of hydrogen-bond donors (Lipinski definition) is 2. The second-order valence-electron chi connectivity index (χ2n) is 5.09. The van der Waals surface area contributed by atoms with E-state index >= 15 is 0 Å². The highest BCUT2D eigenvalue weighted by Crippen LogP contribution is 2.27. The Hall–Kier alpha value is -0.610. The number of aliphatic hydroxyl groups is 1. The van der Waals surface area contributed by atoms with E-state index in [0.29, 0.717) is 24.9 Å². The maximum Gasteiger partial charge on any atom is 0.305 e. The van der Waals surface area contributed by atoms with Crippen molar-refractivity contribution in [1.29, 1.82) is 0 Å². The van der Waals surface area contributed by atoms with Gasteiger partial charge < -0.3 is 15.2 Å². The SMILES string of the molecule is COC(=O)CC[C@H]1CC[C@H](NCC(C)O)CC1. The van der Waals surface area contributed by atoms with E-state index in [9.17, 15) is 9.90 Å². The minimum Gasteiger partial charge on any atom is -0.469 e. The van der Waals surface area contributed by atoms with E-state index < -0.39 is 0 Å². The van der Waals surface area contributed by atoms with Gasteiger partial charge >= 0.3 is 5.97 Å². The van der Waals surface area contributed by atoms with Crippen molar-refractivity contribution >= 4 is 5.97 Å². The van der Waals surface area contributed by atoms with Crippen LogP contribution in [0.1, 0.15) is 45.4 Å². The van der Waals surface area contributed by atoms with E-state index in [4.69, 9.17) is 0 Å². The van der Waals surface area contributed by atoms with Crippen molar-refractivity contribution in [3.05, 3.63) is 0 Å². The highest BCUT2D eigenvalue weighted by atomic mass is 16.5. The molecule has 2 N–H and O–H groups in total. The first kappa shape index (κ1) is 14.5. The molecule has 1 aliphatic rings. The lowest BCUT2D eigenvalue weighted by Gasteiger charge is -2.29. The summed E-state index contributed by atoms with van der Waals surface area (Å²) in [6.07, 6.45) is 5.88. The van der Waals surface area contributed by atoms with Gasteiger partial charge in [-0.2, -0.15) is 0 Å². The van der Waals surface area contributed by atoms with Crippen molar-refractivity contribution in [2.75, 3.05) is 13.7 Å². The first-order valence-corrected chi connectivity index (χ1v) is 6.60. The van der Waals surface area contributed by atoms with Gasteiger partial charge in [-0.05, 0) is 44.9 Å². The Bertz CT molecular complexity index is 223. The number of carbonyl (C=O) groups excluding carboxylic acids is 1. The summed E-state index contributed by atoms with van der Waals surface area (Å²) in [5.74, 6) is 0.568. The van der Waals surface area contributed by atoms with Gasteiger partial charge in [0.05, 0.1) is 13.2 Å². The molecule has 1 saturated carbocycles. The third kappa shape index (κ3) is 6.03. The molecule has 0 bridgehead atoms. The highest BCUT2D eigenvalue weighted by Gasteiger charge is 2.21. The van der Waals surface area contributed by atoms with Crippen LogP contribution in [0.2, 0.25) is 0 Å². The lowest BCUT2D eigenvalue weighted by molar-refractivity contribution is -0.141. The van der Waals surface area contributed by atoms with Gasteiger partial charge in [0.2, 0.25) is 0 Å². The minimum absolute atomic E-state index is 0.0978. The number of methoxy groups -OCH3 is 1. The molecule has 0 heterocycles. The molecule has 1 rings (SSSR count). The van der Waals surface area contributed by atoms with Gasteiger partial charge in [-0.1, -0.05) is 0 Å². The summed E-state index contributed by atoms with van der Waals surface area (Å²) in [6, 6.07) is 0.541. The Labute approximate surface area is 104 Å². The molecule has 0 aromatic heterocycles. The Morgan fingerprint density at radius 2 is 2.06 bits per heavy atom. The topological polar surface area (TPSA) is 58.6 Å². The van der Waals surface area contributed by atoms with Gasteiger partial charge in [0.15, 0.2) is 0 Å². The van der Waals surface area contributed by atoms with E-state index in [1.165, 1.54) is 20.0 Å². The molecule has 0 aromatic rings. The van der Waals surface area contributed by atoms with Gasteiger partial charge in [-0.15, -0.1) is 0 Å². The molecule has 0 radical (unpaired) electrons. The summed E-state index contributed by atoms with van der Waals surface area (Å²) in [7, 11) is 1.44. The molecule has 0 amide bonds. The van der Waals surface area contributed by atoms with E-state index in [1.54, 1.807) is 6.92 Å². The van der Waals surface area contributed by atoms with Gasteiger partial charge in [0.25, 0.3) is 0 Å². The molecule has 1 aliphatic carbocycles. The maximum atomic E-state index is 11.0. The number of nitrogens with one attached hydrogen (secondary N) is 1. The average molecular weight is 243 g/mol. The molecule has 1 unspecified atom stereocenters. The number of carbonyl (C=O) groups is 1. The normalized spacial score (nSPS) is 26.5. The Kier molecular flexibility index (Phi) is 6.52. The zero-order chi connectivity index (χ0) is 12.7. The van der Waals surface area contributed by atoms with Crippen molar-refractivity contribution in [1.82, 2.24) is 5.32 Å². The number of rotatable bonds is 6. The molecule has 4 nitrogen and oxygen atoms in total. The van der Waals surface area contributed by atoms with Crippen molar-refractivity contribution in [3.8, 4) is 0 Å². The van der Waals surface area contributed by atoms with Crippen molar-refractivity contribution in [2.24, 2.45) is 5.92 Å². The molecular weight excluding hydrogens is 218 g/mol. The van der Waals surface area contributed by atoms with Crippen LogP contribution in [-0.4, -0.2) is 36.9 Å². The van der Waals surface area contributed by atoms with Crippen molar-refractivity contribution < 1.29 is 14.6 Å². The molecular formula is C13H25NO3. The highest BCUT2D eigenvalue weighted by molar-refractivity contribution is 5.69. The van der Waals surface area contributed by atoms with Crippen LogP contribution in [0.15, 0.2) is 0 Å². The second-order valence-corrected chi connectivity index (χ2v) is 5.09. The Morgan fingerprint density at radius 1 is 1.41 bits per heavy atom. The summed E-state index contributed by atoms with van der Waals surface area (Å²) < 4.78 is 4.65. The zero-order valence-corrected chi connectivity index (χ0v) is 10.9. The quantitative estimate of drug-likeness (QED) is 0.694. The predicted molar refractivity (Wildman–Crippen MR) is 66.7 cm³/mol. The predicted octanol–water partition coefficient (Wildman–Crippen LogP) is 1.47. The molecule has 1 fully saturated rings. The van der Waals surface area contributed by atoms with Gasteiger partial charge in [-0.25, -0.2) is 0 Å². The van der Waals surface area contributed by atoms with Crippen molar-refractivity contribution in [2.45, 2.75) is 57.6 Å². The van der Waals surface area contributed by atoms with Gasteiger partial charge in [0.1, 0.15) is 0 Å². The van der Waals surface area contributed by atoms with E-state index in [1.807, 2.05) is 0 Å². The lowest BCUT2D eigenvalue weighted by Crippen LogP contribution is -2.37. The fourth-order valence-corrected chi connectivity index (χ4v) is 2.42. The monoisotopic (exact) mass is 243 g/mol. The summed E-state index contributed by atoms with van der Waals surface area (Å²) in [5, 5.41) is 12.6. The molecule has 17 heavy (non-hydrogen) atoms. The van der Waals surface area contributed by atoms with Crippen LogP contribution in [0.3, 0.4) is 0 Å². The van der Waals surface area contributed by atoms with E-state index in [0.717, 1.165) is 19.3 Å². The summed E-state index contributed by atoms with van der Waals surface area (Å²) in [5.41, 5.74) is 0. The summed E-state index contributed by atoms with van der Waals surface area (Å²) >= 11 is 0. The third-order valence-electron chi connectivity index (χ3n) is 3.53. The van der Waals surface area contributed by atoms with Crippen LogP contribution in [0, 0.1) is 5.92 Å². The second kappa shape index (κ2) is 7.67. The molecule has 4 heteroatoms. The Balaban J connectivity index is 2.11. The minimum atomic E-state index is -0.271. The third-order valence-corrected chi connectivity index (χ3v) is 3.53. The molecule has 0 aliphatic heterocycles. The van der Waals surface area contributed by atoms with Crippen LogP contribution >= 0.6 is 0 Å². The summed E-state index contributed by atoms with van der Waals surface area (Å²) in [6.45, 7) is 2.48. The molecule has 0 spiro atoms. The molecule has 0 aromatic carbocycles. The molecule has 0 saturated heterocycles. The van der Waals surface area contributed by atoms with Gasteiger partial charge in [-0.3, -0.25) is 4.79 Å². The van der Waals surface area contributed by atoms with E-state index in [-0.39, 0.29) is 12.1 Å². The number of ether oxygens (including phenoxy) is 1. The number of esters is 1. The van der Waals surface area contributed by atoms with Crippen LogP contribution < -0.4 is 5.32 Å². The fraction of sp³-hybridized carbons (Fsp3) is 0.923. The standard InChI is InChI=1S/C13H25NO3/c1-10(15)9-14-12-6-3-11(4-7-12)5-8-13(16)17-2/h10-12,14-15H,3-9H2,1-2H3/t10?,11-,12-. The zero-order valence-electron chi connectivity index (χ0n) is 10.9. The molecule has 1 atom stereocenters.